The number of carbonyl (C=O) groups excluding carboxylic acids is 1. The van der Waals surface area contributed by atoms with Gasteiger partial charge in [-0.2, -0.15) is 0 Å². The summed E-state index contributed by atoms with van der Waals surface area (Å²) in [5, 5.41) is 5.91. The van der Waals surface area contributed by atoms with E-state index in [0.717, 1.165) is 6.54 Å². The molecule has 2 amide bonds. The number of methoxy groups -OCH3 is 1. The van der Waals surface area contributed by atoms with E-state index >= 15 is 0 Å². The van der Waals surface area contributed by atoms with E-state index < -0.39 is 0 Å². The number of carbonyl (C=O) groups is 1. The molecule has 1 rings (SSSR count). The monoisotopic (exact) mass is 271 g/mol. The van der Waals surface area contributed by atoms with Crippen molar-refractivity contribution < 1.29 is 9.53 Å². The Hall–Kier alpha value is -1.46. The van der Waals surface area contributed by atoms with Crippen molar-refractivity contribution in [2.24, 2.45) is 0 Å². The molecule has 5 nitrogen and oxygen atoms in total. The Morgan fingerprint density at radius 1 is 1.44 bits per heavy atom. The molecule has 0 bridgehead atoms. The number of benzene rings is 1. The van der Waals surface area contributed by atoms with Crippen LogP contribution >= 0.6 is 11.6 Å². The Balaban J connectivity index is 2.47. The van der Waals surface area contributed by atoms with Crippen LogP contribution in [0.25, 0.3) is 0 Å². The van der Waals surface area contributed by atoms with Gasteiger partial charge in [-0.25, -0.2) is 4.79 Å². The number of urea groups is 1. The molecule has 0 saturated carbocycles. The predicted octanol–water partition coefficient (Wildman–Crippen LogP) is 2.03. The summed E-state index contributed by atoms with van der Waals surface area (Å²) >= 11 is 5.96. The lowest BCUT2D eigenvalue weighted by molar-refractivity contribution is 0.250. The second kappa shape index (κ2) is 7.08. The number of nitrogens with one attached hydrogen (secondary N) is 2. The standard InChI is InChI=1S/C12H18ClN3O2/c1-16(2)7-6-14-12(17)15-9-4-5-11(18-3)10(13)8-9/h4-5,8H,6-7H2,1-3H3,(H2,14,15,17). The van der Waals surface area contributed by atoms with Crippen LogP contribution in [-0.2, 0) is 0 Å². The first kappa shape index (κ1) is 14.6. The molecule has 0 radical (unpaired) electrons. The van der Waals surface area contributed by atoms with Gasteiger partial charge in [0.2, 0.25) is 0 Å². The third kappa shape index (κ3) is 4.81. The second-order valence-electron chi connectivity index (χ2n) is 4.03. The lowest BCUT2D eigenvalue weighted by atomic mass is 10.3. The molecule has 6 heteroatoms. The number of rotatable bonds is 5. The van der Waals surface area contributed by atoms with Crippen molar-refractivity contribution in [3.05, 3.63) is 23.2 Å². The summed E-state index contributed by atoms with van der Waals surface area (Å²) < 4.78 is 5.03. The summed E-state index contributed by atoms with van der Waals surface area (Å²) in [6.07, 6.45) is 0. The first-order valence-corrected chi connectivity index (χ1v) is 5.94. The van der Waals surface area contributed by atoms with E-state index in [4.69, 9.17) is 16.3 Å². The SMILES string of the molecule is COc1ccc(NC(=O)NCCN(C)C)cc1Cl. The summed E-state index contributed by atoms with van der Waals surface area (Å²) in [6.45, 7) is 1.37. The normalized spacial score (nSPS) is 10.3. The Morgan fingerprint density at radius 2 is 2.17 bits per heavy atom. The molecule has 0 aromatic heterocycles. The largest absolute Gasteiger partial charge is 0.495 e. The van der Waals surface area contributed by atoms with Crippen LogP contribution in [0.3, 0.4) is 0 Å². The van der Waals surface area contributed by atoms with Crippen LogP contribution in [0.5, 0.6) is 5.75 Å². The van der Waals surface area contributed by atoms with Gasteiger partial charge in [-0.05, 0) is 32.3 Å². The molecule has 0 heterocycles. The number of hydrogen-bond donors (Lipinski definition) is 2. The molecule has 0 aliphatic carbocycles. The van der Waals surface area contributed by atoms with Gasteiger partial charge < -0.3 is 20.3 Å². The van der Waals surface area contributed by atoms with Crippen LogP contribution in [0.1, 0.15) is 0 Å². The Bertz CT molecular complexity index is 410. The van der Waals surface area contributed by atoms with Gasteiger partial charge in [0.15, 0.2) is 0 Å². The van der Waals surface area contributed by atoms with Crippen molar-refractivity contribution >= 4 is 23.3 Å². The number of ether oxygens (including phenoxy) is 1. The summed E-state index contributed by atoms with van der Waals surface area (Å²) in [7, 11) is 5.44. The van der Waals surface area contributed by atoms with Gasteiger partial charge in [0.25, 0.3) is 0 Å². The average Bonchev–Trinajstić information content (AvgIpc) is 2.28. The van der Waals surface area contributed by atoms with E-state index in [0.29, 0.717) is 23.0 Å². The molecule has 18 heavy (non-hydrogen) atoms. The average molecular weight is 272 g/mol. The highest BCUT2D eigenvalue weighted by atomic mass is 35.5. The minimum atomic E-state index is -0.252. The van der Waals surface area contributed by atoms with Crippen molar-refractivity contribution in [2.75, 3.05) is 39.6 Å². The fraction of sp³-hybridized carbons (Fsp3) is 0.417. The van der Waals surface area contributed by atoms with Crippen molar-refractivity contribution in [3.8, 4) is 5.75 Å². The molecule has 100 valence electrons. The third-order valence-electron chi connectivity index (χ3n) is 2.25. The minimum absolute atomic E-state index is 0.252. The van der Waals surface area contributed by atoms with E-state index in [1.165, 1.54) is 0 Å². The molecule has 0 fully saturated rings. The van der Waals surface area contributed by atoms with Crippen LogP contribution in [0.4, 0.5) is 10.5 Å². The van der Waals surface area contributed by atoms with Crippen molar-refractivity contribution in [1.82, 2.24) is 10.2 Å². The maximum atomic E-state index is 11.5. The molecule has 0 aliphatic heterocycles. The number of hydrogen-bond acceptors (Lipinski definition) is 3. The zero-order valence-corrected chi connectivity index (χ0v) is 11.5. The molecular formula is C12H18ClN3O2. The Labute approximate surface area is 112 Å². The highest BCUT2D eigenvalue weighted by molar-refractivity contribution is 6.32. The summed E-state index contributed by atoms with van der Waals surface area (Å²) in [5.74, 6) is 0.579. The predicted molar refractivity (Wildman–Crippen MR) is 73.6 cm³/mol. The lowest BCUT2D eigenvalue weighted by Gasteiger charge is -2.12. The highest BCUT2D eigenvalue weighted by Gasteiger charge is 2.05. The number of amides is 2. The van der Waals surface area contributed by atoms with Crippen LogP contribution in [0.2, 0.25) is 5.02 Å². The van der Waals surface area contributed by atoms with Gasteiger partial charge >= 0.3 is 6.03 Å². The Morgan fingerprint density at radius 3 is 2.72 bits per heavy atom. The fourth-order valence-electron chi connectivity index (χ4n) is 1.31. The first-order valence-electron chi connectivity index (χ1n) is 5.56. The molecule has 2 N–H and O–H groups in total. The fourth-order valence-corrected chi connectivity index (χ4v) is 1.57. The zero-order chi connectivity index (χ0) is 13.5. The first-order chi connectivity index (χ1) is 8.52. The van der Waals surface area contributed by atoms with Gasteiger partial charge in [-0.3, -0.25) is 0 Å². The van der Waals surface area contributed by atoms with E-state index in [9.17, 15) is 4.79 Å². The topological polar surface area (TPSA) is 53.6 Å². The highest BCUT2D eigenvalue weighted by Crippen LogP contribution is 2.26. The molecule has 1 aromatic carbocycles. The third-order valence-corrected chi connectivity index (χ3v) is 2.55. The summed E-state index contributed by atoms with van der Waals surface area (Å²) in [5.41, 5.74) is 0.628. The second-order valence-corrected chi connectivity index (χ2v) is 4.44. The van der Waals surface area contributed by atoms with E-state index in [-0.39, 0.29) is 6.03 Å². The maximum Gasteiger partial charge on any atom is 0.319 e. The number of halogens is 1. The van der Waals surface area contributed by atoms with Gasteiger partial charge in [0.05, 0.1) is 12.1 Å². The number of anilines is 1. The van der Waals surface area contributed by atoms with Crippen molar-refractivity contribution in [2.45, 2.75) is 0 Å². The van der Waals surface area contributed by atoms with Crippen LogP contribution in [-0.4, -0.2) is 45.2 Å². The van der Waals surface area contributed by atoms with Crippen LogP contribution in [0.15, 0.2) is 18.2 Å². The Kier molecular flexibility index (Phi) is 5.74. The van der Waals surface area contributed by atoms with Gasteiger partial charge in [0.1, 0.15) is 5.75 Å². The van der Waals surface area contributed by atoms with Gasteiger partial charge in [-0.1, -0.05) is 11.6 Å². The molecule has 0 spiro atoms. The number of nitrogens with zero attached hydrogens (tertiary/aromatic N) is 1. The van der Waals surface area contributed by atoms with Crippen molar-refractivity contribution in [3.63, 3.8) is 0 Å². The van der Waals surface area contributed by atoms with Gasteiger partial charge in [-0.15, -0.1) is 0 Å². The quantitative estimate of drug-likeness (QED) is 0.862. The molecule has 0 saturated heterocycles. The molecular weight excluding hydrogens is 254 g/mol. The lowest BCUT2D eigenvalue weighted by Crippen LogP contribution is -2.34. The smallest absolute Gasteiger partial charge is 0.319 e. The number of likely N-dealkylation sites (N-methyl/N-ethyl adjacent to an activating group) is 1. The minimum Gasteiger partial charge on any atom is -0.495 e. The summed E-state index contributed by atoms with van der Waals surface area (Å²) in [6, 6.07) is 4.83. The van der Waals surface area contributed by atoms with E-state index in [1.54, 1.807) is 25.3 Å². The van der Waals surface area contributed by atoms with Crippen LogP contribution < -0.4 is 15.4 Å². The van der Waals surface area contributed by atoms with Crippen molar-refractivity contribution in [1.29, 1.82) is 0 Å². The van der Waals surface area contributed by atoms with E-state index in [1.807, 2.05) is 19.0 Å². The molecule has 0 atom stereocenters. The van der Waals surface area contributed by atoms with Gasteiger partial charge in [0, 0.05) is 18.8 Å². The maximum absolute atomic E-state index is 11.5. The van der Waals surface area contributed by atoms with Crippen LogP contribution in [0, 0.1) is 0 Å². The molecule has 0 aliphatic rings. The zero-order valence-electron chi connectivity index (χ0n) is 10.8. The molecule has 1 aromatic rings. The molecule has 0 unspecified atom stereocenters. The summed E-state index contributed by atoms with van der Waals surface area (Å²) in [4.78, 5) is 13.5. The van der Waals surface area contributed by atoms with E-state index in [2.05, 4.69) is 10.6 Å².